The highest BCUT2D eigenvalue weighted by molar-refractivity contribution is 6.43. The van der Waals surface area contributed by atoms with Crippen LogP contribution in [-0.4, -0.2) is 44.6 Å². The highest BCUT2D eigenvalue weighted by atomic mass is 35.5. The van der Waals surface area contributed by atoms with Crippen molar-refractivity contribution in [1.82, 2.24) is 5.32 Å². The first kappa shape index (κ1) is 28.3. The van der Waals surface area contributed by atoms with E-state index in [0.29, 0.717) is 30.0 Å². The zero-order chi connectivity index (χ0) is 28.3. The fourth-order valence-corrected chi connectivity index (χ4v) is 4.53. The molecule has 0 spiro atoms. The summed E-state index contributed by atoms with van der Waals surface area (Å²) in [5.74, 6) is -0.714. The van der Waals surface area contributed by atoms with E-state index in [1.54, 1.807) is 54.6 Å². The van der Waals surface area contributed by atoms with E-state index >= 15 is 0 Å². The number of nitrogens with one attached hydrogen (secondary N) is 1. The van der Waals surface area contributed by atoms with Crippen molar-refractivity contribution in [2.75, 3.05) is 35.3 Å². The maximum absolute atomic E-state index is 14.1. The Kier molecular flexibility index (Phi) is 8.67. The normalized spacial score (nSPS) is 15.2. The lowest BCUT2D eigenvalue weighted by atomic mass is 10.1. The van der Waals surface area contributed by atoms with Gasteiger partial charge in [-0.05, 0) is 48.7 Å². The molecule has 8 nitrogen and oxygen atoms in total. The van der Waals surface area contributed by atoms with E-state index in [9.17, 15) is 14.4 Å². The molecular weight excluding hydrogens is 539 g/mol. The molecule has 204 valence electrons. The van der Waals surface area contributed by atoms with Crippen molar-refractivity contribution in [3.8, 4) is 5.75 Å². The fraction of sp³-hybridized carbons (Fsp3) is 0.276. The van der Waals surface area contributed by atoms with Gasteiger partial charge in [-0.1, -0.05) is 61.3 Å². The minimum atomic E-state index is -1.56. The van der Waals surface area contributed by atoms with Gasteiger partial charge >= 0.3 is 6.09 Å². The Morgan fingerprint density at radius 2 is 1.62 bits per heavy atom. The molecule has 3 amide bonds. The number of amides is 3. The summed E-state index contributed by atoms with van der Waals surface area (Å²) >= 11 is 12.8. The summed E-state index contributed by atoms with van der Waals surface area (Å²) in [4.78, 5) is 45.8. The van der Waals surface area contributed by atoms with Gasteiger partial charge in [0.25, 0.3) is 11.8 Å². The molecule has 0 saturated heterocycles. The maximum Gasteiger partial charge on any atom is 0.413 e. The summed E-state index contributed by atoms with van der Waals surface area (Å²) in [6.45, 7) is 4.37. The topological polar surface area (TPSA) is 82.2 Å². The van der Waals surface area contributed by atoms with Crippen LogP contribution in [0, 0.1) is 5.92 Å². The lowest BCUT2D eigenvalue weighted by Gasteiger charge is -2.26. The minimum absolute atomic E-state index is 0.229. The van der Waals surface area contributed by atoms with Gasteiger partial charge in [0.2, 0.25) is 0 Å². The molecule has 39 heavy (non-hydrogen) atoms. The Morgan fingerprint density at radius 1 is 0.949 bits per heavy atom. The number of fused-ring (bicyclic) bond motifs is 1. The van der Waals surface area contributed by atoms with Crippen LogP contribution in [0.15, 0.2) is 66.7 Å². The molecule has 1 heterocycles. The number of anilines is 4. The molecule has 0 radical (unpaired) electrons. The molecule has 3 aromatic carbocycles. The number of rotatable bonds is 7. The van der Waals surface area contributed by atoms with Gasteiger partial charge in [0, 0.05) is 38.1 Å². The molecule has 0 aromatic heterocycles. The van der Waals surface area contributed by atoms with Crippen molar-refractivity contribution >= 4 is 63.9 Å². The average molecular weight is 569 g/mol. The largest absolute Gasteiger partial charge is 0.413 e. The number of ether oxygens (including phenoxy) is 1. The summed E-state index contributed by atoms with van der Waals surface area (Å²) in [6, 6.07) is 17.3. The Bertz CT molecular complexity index is 1380. The number of carbonyl (C=O) groups is 3. The van der Waals surface area contributed by atoms with Crippen molar-refractivity contribution in [3.05, 3.63) is 76.8 Å². The van der Waals surface area contributed by atoms with Crippen LogP contribution in [0.3, 0.4) is 0 Å². The second-order valence-electron chi connectivity index (χ2n) is 9.80. The van der Waals surface area contributed by atoms with E-state index in [4.69, 9.17) is 27.9 Å². The molecule has 1 atom stereocenters. The highest BCUT2D eigenvalue weighted by Crippen LogP contribution is 2.42. The van der Waals surface area contributed by atoms with E-state index in [0.717, 1.165) is 5.69 Å². The zero-order valence-corrected chi connectivity index (χ0v) is 23.7. The van der Waals surface area contributed by atoms with Gasteiger partial charge in [0.05, 0.1) is 21.4 Å². The number of para-hydroxylation sites is 1. The summed E-state index contributed by atoms with van der Waals surface area (Å²) in [6.07, 6.45) is -0.282. The van der Waals surface area contributed by atoms with Crippen LogP contribution in [0.25, 0.3) is 0 Å². The molecule has 0 fully saturated rings. The summed E-state index contributed by atoms with van der Waals surface area (Å²) in [5, 5.41) is 2.98. The van der Waals surface area contributed by atoms with Gasteiger partial charge in [0.15, 0.2) is 6.04 Å². The lowest BCUT2D eigenvalue weighted by Crippen LogP contribution is -2.55. The van der Waals surface area contributed by atoms with E-state index in [1.807, 2.05) is 45.0 Å². The van der Waals surface area contributed by atoms with Crippen molar-refractivity contribution < 1.29 is 19.1 Å². The smallest absolute Gasteiger partial charge is 0.410 e. The van der Waals surface area contributed by atoms with Crippen LogP contribution in [-0.2, 0) is 9.59 Å². The molecule has 0 unspecified atom stereocenters. The van der Waals surface area contributed by atoms with Crippen molar-refractivity contribution in [2.24, 2.45) is 5.92 Å². The van der Waals surface area contributed by atoms with E-state index < -0.39 is 23.9 Å². The molecule has 1 N–H and O–H groups in total. The summed E-state index contributed by atoms with van der Waals surface area (Å²) < 4.78 is 5.47. The van der Waals surface area contributed by atoms with Gasteiger partial charge in [-0.15, -0.1) is 0 Å². The highest BCUT2D eigenvalue weighted by Gasteiger charge is 2.42. The Hall–Kier alpha value is -3.75. The maximum atomic E-state index is 14.1. The predicted octanol–water partition coefficient (Wildman–Crippen LogP) is 6.27. The van der Waals surface area contributed by atoms with E-state index in [-0.39, 0.29) is 21.7 Å². The molecule has 0 saturated carbocycles. The molecule has 1 aliphatic heterocycles. The SMILES string of the molecule is CC(C)CCN1C(=O)[C@@H](NC(=O)Oc2cccc(N(C)C)c2)C(=O)N(c2ccccc2)c2cc(Cl)c(Cl)cc21. The third kappa shape index (κ3) is 6.29. The number of halogens is 2. The molecule has 0 aliphatic carbocycles. The summed E-state index contributed by atoms with van der Waals surface area (Å²) in [5.41, 5.74) is 2.12. The van der Waals surface area contributed by atoms with Crippen molar-refractivity contribution in [1.29, 1.82) is 0 Å². The van der Waals surface area contributed by atoms with Crippen LogP contribution < -0.4 is 24.8 Å². The van der Waals surface area contributed by atoms with Gasteiger partial charge in [0.1, 0.15) is 5.75 Å². The number of nitrogens with zero attached hydrogens (tertiary/aromatic N) is 3. The fourth-order valence-electron chi connectivity index (χ4n) is 4.21. The Balaban J connectivity index is 1.76. The standard InChI is InChI=1S/C29H30Cl2N4O4/c1-18(2)13-14-34-24-16-22(30)23(31)17-25(24)35(19-9-6-5-7-10-19)28(37)26(27(34)36)32-29(38)39-21-12-8-11-20(15-21)33(3)4/h5-12,15-18,26H,13-14H2,1-4H3,(H,32,38)/t26-/m1/s1. The minimum Gasteiger partial charge on any atom is -0.410 e. The second kappa shape index (κ2) is 12.0. The van der Waals surface area contributed by atoms with Gasteiger partial charge in [-0.25, -0.2) is 4.79 Å². The van der Waals surface area contributed by atoms with Crippen LogP contribution in [0.1, 0.15) is 20.3 Å². The number of carbonyl (C=O) groups excluding carboxylic acids is 3. The van der Waals surface area contributed by atoms with E-state index in [1.165, 1.54) is 9.80 Å². The van der Waals surface area contributed by atoms with Crippen LogP contribution in [0.4, 0.5) is 27.5 Å². The first-order valence-corrected chi connectivity index (χ1v) is 13.3. The average Bonchev–Trinajstić information content (AvgIpc) is 2.97. The monoisotopic (exact) mass is 568 g/mol. The second-order valence-corrected chi connectivity index (χ2v) is 10.6. The molecule has 0 bridgehead atoms. The lowest BCUT2D eigenvalue weighted by molar-refractivity contribution is -0.128. The first-order valence-electron chi connectivity index (χ1n) is 12.5. The van der Waals surface area contributed by atoms with E-state index in [2.05, 4.69) is 5.32 Å². The number of hydrogen-bond donors (Lipinski definition) is 1. The van der Waals surface area contributed by atoms with Gasteiger partial charge in [-0.3, -0.25) is 14.5 Å². The van der Waals surface area contributed by atoms with Gasteiger partial charge < -0.3 is 19.9 Å². The van der Waals surface area contributed by atoms with Crippen molar-refractivity contribution in [2.45, 2.75) is 26.3 Å². The summed E-state index contributed by atoms with van der Waals surface area (Å²) in [7, 11) is 3.73. The van der Waals surface area contributed by atoms with Gasteiger partial charge in [-0.2, -0.15) is 0 Å². The third-order valence-electron chi connectivity index (χ3n) is 6.28. The number of benzene rings is 3. The zero-order valence-electron chi connectivity index (χ0n) is 22.2. The molecular formula is C29H30Cl2N4O4. The molecule has 3 aromatic rings. The Labute approximate surface area is 238 Å². The molecule has 4 rings (SSSR count). The van der Waals surface area contributed by atoms with Crippen LogP contribution >= 0.6 is 23.2 Å². The molecule has 10 heteroatoms. The third-order valence-corrected chi connectivity index (χ3v) is 7.00. The number of hydrogen-bond acceptors (Lipinski definition) is 5. The Morgan fingerprint density at radius 3 is 2.26 bits per heavy atom. The predicted molar refractivity (Wildman–Crippen MR) is 156 cm³/mol. The van der Waals surface area contributed by atoms with Crippen LogP contribution in [0.5, 0.6) is 5.75 Å². The van der Waals surface area contributed by atoms with Crippen molar-refractivity contribution in [3.63, 3.8) is 0 Å². The first-order chi connectivity index (χ1) is 18.6. The van der Waals surface area contributed by atoms with Crippen LogP contribution in [0.2, 0.25) is 10.0 Å². The quantitative estimate of drug-likeness (QED) is 0.339. The molecule has 1 aliphatic rings.